The number of hydrogen-bond donors (Lipinski definition) is 2. The van der Waals surface area contributed by atoms with E-state index >= 15 is 0 Å². The predicted octanol–water partition coefficient (Wildman–Crippen LogP) is 1.25. The lowest BCUT2D eigenvalue weighted by Crippen LogP contribution is -2.41. The highest BCUT2D eigenvalue weighted by Crippen LogP contribution is 2.23. The van der Waals surface area contributed by atoms with Gasteiger partial charge < -0.3 is 15.2 Å². The molecule has 0 bridgehead atoms. The molecular formula is C18H26N2O6S. The van der Waals surface area contributed by atoms with Crippen LogP contribution in [-0.4, -0.2) is 62.1 Å². The Morgan fingerprint density at radius 2 is 1.93 bits per heavy atom. The van der Waals surface area contributed by atoms with Gasteiger partial charge in [-0.05, 0) is 30.5 Å². The predicted molar refractivity (Wildman–Crippen MR) is 99.2 cm³/mol. The number of sulfonamides is 1. The smallest absolute Gasteiger partial charge is 0.326 e. The number of nitrogens with one attached hydrogen (secondary N) is 1. The van der Waals surface area contributed by atoms with Gasteiger partial charge >= 0.3 is 5.97 Å². The number of carboxylic acid groups (broad SMARTS) is 1. The first kappa shape index (κ1) is 21.3. The standard InChI is InChI=1S/C18H26N2O6S/c1-3-5-15(18(22)23)19-17(21)14-7-6-13(4-2)16(12-14)27(24,25)20-8-10-26-11-9-20/h6-7,12,15H,3-5,8-11H2,1-2H3,(H,19,21)(H,22,23). The number of aliphatic carboxylic acids is 1. The summed E-state index contributed by atoms with van der Waals surface area (Å²) in [4.78, 5) is 23.8. The number of hydrogen-bond acceptors (Lipinski definition) is 5. The highest BCUT2D eigenvalue weighted by Gasteiger charge is 2.29. The van der Waals surface area contributed by atoms with Crippen LogP contribution in [0.1, 0.15) is 42.6 Å². The fourth-order valence-electron chi connectivity index (χ4n) is 2.94. The quantitative estimate of drug-likeness (QED) is 0.681. The molecule has 1 fully saturated rings. The van der Waals surface area contributed by atoms with Crippen LogP contribution in [0.2, 0.25) is 0 Å². The number of morpholine rings is 1. The second kappa shape index (κ2) is 9.29. The Balaban J connectivity index is 2.34. The average molecular weight is 398 g/mol. The van der Waals surface area contributed by atoms with Crippen LogP contribution in [0.3, 0.4) is 0 Å². The van der Waals surface area contributed by atoms with E-state index in [1.807, 2.05) is 13.8 Å². The van der Waals surface area contributed by atoms with Crippen LogP contribution in [0.5, 0.6) is 0 Å². The molecule has 9 heteroatoms. The lowest BCUT2D eigenvalue weighted by Gasteiger charge is -2.27. The van der Waals surface area contributed by atoms with Crippen LogP contribution in [0.15, 0.2) is 23.1 Å². The van der Waals surface area contributed by atoms with Crippen molar-refractivity contribution in [3.8, 4) is 0 Å². The zero-order chi connectivity index (χ0) is 20.0. The molecule has 27 heavy (non-hydrogen) atoms. The minimum absolute atomic E-state index is 0.0851. The minimum Gasteiger partial charge on any atom is -0.480 e. The van der Waals surface area contributed by atoms with Gasteiger partial charge in [0.05, 0.1) is 18.1 Å². The second-order valence-corrected chi connectivity index (χ2v) is 8.25. The van der Waals surface area contributed by atoms with Crippen LogP contribution in [0.25, 0.3) is 0 Å². The molecule has 1 aromatic rings. The number of benzene rings is 1. The molecule has 2 rings (SSSR count). The molecule has 2 N–H and O–H groups in total. The molecular weight excluding hydrogens is 372 g/mol. The Morgan fingerprint density at radius 3 is 2.48 bits per heavy atom. The van der Waals surface area contributed by atoms with Gasteiger partial charge in [0.25, 0.3) is 5.91 Å². The van der Waals surface area contributed by atoms with Gasteiger partial charge in [0, 0.05) is 18.7 Å². The van der Waals surface area contributed by atoms with Crippen molar-refractivity contribution in [2.45, 2.75) is 44.0 Å². The van der Waals surface area contributed by atoms with Gasteiger partial charge in [-0.1, -0.05) is 26.3 Å². The van der Waals surface area contributed by atoms with Gasteiger partial charge in [-0.25, -0.2) is 13.2 Å². The van der Waals surface area contributed by atoms with Gasteiger partial charge in [0.2, 0.25) is 10.0 Å². The molecule has 1 heterocycles. The summed E-state index contributed by atoms with van der Waals surface area (Å²) in [5.41, 5.74) is 0.739. The van der Waals surface area contributed by atoms with Crippen molar-refractivity contribution < 1.29 is 27.9 Å². The average Bonchev–Trinajstić information content (AvgIpc) is 2.67. The van der Waals surface area contributed by atoms with E-state index in [1.165, 1.54) is 16.4 Å². The summed E-state index contributed by atoms with van der Waals surface area (Å²) < 4.78 is 32.6. The van der Waals surface area contributed by atoms with Gasteiger partial charge in [0.1, 0.15) is 6.04 Å². The van der Waals surface area contributed by atoms with E-state index in [-0.39, 0.29) is 23.5 Å². The summed E-state index contributed by atoms with van der Waals surface area (Å²) in [7, 11) is -3.76. The third-order valence-corrected chi connectivity index (χ3v) is 6.46. The normalized spacial score (nSPS) is 16.7. The maximum absolute atomic E-state index is 13.0. The number of nitrogens with zero attached hydrogens (tertiary/aromatic N) is 1. The minimum atomic E-state index is -3.76. The molecule has 1 saturated heterocycles. The van der Waals surface area contributed by atoms with Crippen molar-refractivity contribution in [1.82, 2.24) is 9.62 Å². The van der Waals surface area contributed by atoms with Crippen LogP contribution < -0.4 is 5.32 Å². The largest absolute Gasteiger partial charge is 0.480 e. The molecule has 0 aromatic heterocycles. The van der Waals surface area contributed by atoms with Crippen molar-refractivity contribution in [1.29, 1.82) is 0 Å². The third-order valence-electron chi connectivity index (χ3n) is 4.48. The fraction of sp³-hybridized carbons (Fsp3) is 0.556. The third kappa shape index (κ3) is 5.06. The summed E-state index contributed by atoms with van der Waals surface area (Å²) >= 11 is 0. The second-order valence-electron chi connectivity index (χ2n) is 6.35. The molecule has 1 aliphatic rings. The monoisotopic (exact) mass is 398 g/mol. The van der Waals surface area contributed by atoms with E-state index in [1.54, 1.807) is 6.07 Å². The zero-order valence-corrected chi connectivity index (χ0v) is 16.4. The number of carboxylic acids is 1. The van der Waals surface area contributed by atoms with Crippen LogP contribution >= 0.6 is 0 Å². The highest BCUT2D eigenvalue weighted by atomic mass is 32.2. The van der Waals surface area contributed by atoms with Gasteiger partial charge in [-0.15, -0.1) is 0 Å². The van der Waals surface area contributed by atoms with E-state index in [4.69, 9.17) is 4.74 Å². The first-order valence-electron chi connectivity index (χ1n) is 9.05. The van der Waals surface area contributed by atoms with E-state index < -0.39 is 27.9 Å². The molecule has 150 valence electrons. The molecule has 1 aliphatic heterocycles. The van der Waals surface area contributed by atoms with Crippen molar-refractivity contribution in [3.63, 3.8) is 0 Å². The molecule has 1 amide bonds. The first-order valence-corrected chi connectivity index (χ1v) is 10.5. The summed E-state index contributed by atoms with van der Waals surface area (Å²) in [5.74, 6) is -1.71. The van der Waals surface area contributed by atoms with Crippen molar-refractivity contribution in [2.75, 3.05) is 26.3 Å². The summed E-state index contributed by atoms with van der Waals surface area (Å²) in [6.45, 7) is 4.86. The fourth-order valence-corrected chi connectivity index (χ4v) is 4.67. The molecule has 1 atom stereocenters. The first-order chi connectivity index (χ1) is 12.8. The van der Waals surface area contributed by atoms with E-state index in [9.17, 15) is 23.1 Å². The summed E-state index contributed by atoms with van der Waals surface area (Å²) in [5, 5.41) is 11.7. The number of amides is 1. The molecule has 8 nitrogen and oxygen atoms in total. The lowest BCUT2D eigenvalue weighted by molar-refractivity contribution is -0.139. The SMILES string of the molecule is CCCC(NC(=O)c1ccc(CC)c(S(=O)(=O)N2CCOCC2)c1)C(=O)O. The molecule has 0 saturated carbocycles. The Kier molecular flexibility index (Phi) is 7.34. The molecule has 1 aromatic carbocycles. The van der Waals surface area contributed by atoms with E-state index in [0.29, 0.717) is 38.0 Å². The Labute approximate surface area is 159 Å². The van der Waals surface area contributed by atoms with Crippen LogP contribution in [0.4, 0.5) is 0 Å². The molecule has 1 unspecified atom stereocenters. The maximum Gasteiger partial charge on any atom is 0.326 e. The lowest BCUT2D eigenvalue weighted by atomic mass is 10.1. The topological polar surface area (TPSA) is 113 Å². The summed E-state index contributed by atoms with van der Waals surface area (Å²) in [6.07, 6.45) is 1.39. The van der Waals surface area contributed by atoms with E-state index in [0.717, 1.165) is 0 Å². The Hall–Kier alpha value is -1.97. The maximum atomic E-state index is 13.0. The number of ether oxygens (including phenoxy) is 1. The van der Waals surface area contributed by atoms with Gasteiger partial charge in [-0.3, -0.25) is 4.79 Å². The number of carbonyl (C=O) groups excluding carboxylic acids is 1. The number of aryl methyl sites for hydroxylation is 1. The Morgan fingerprint density at radius 1 is 1.26 bits per heavy atom. The van der Waals surface area contributed by atoms with E-state index in [2.05, 4.69) is 5.32 Å². The van der Waals surface area contributed by atoms with Gasteiger partial charge in [-0.2, -0.15) is 4.31 Å². The van der Waals surface area contributed by atoms with Crippen molar-refractivity contribution >= 4 is 21.9 Å². The zero-order valence-electron chi connectivity index (χ0n) is 15.6. The van der Waals surface area contributed by atoms with Crippen LogP contribution in [-0.2, 0) is 26.0 Å². The molecule has 0 radical (unpaired) electrons. The van der Waals surface area contributed by atoms with Crippen molar-refractivity contribution in [3.05, 3.63) is 29.3 Å². The number of rotatable bonds is 8. The number of carbonyl (C=O) groups is 2. The summed E-state index contributed by atoms with van der Waals surface area (Å²) in [6, 6.07) is 3.46. The molecule has 0 spiro atoms. The van der Waals surface area contributed by atoms with Crippen LogP contribution in [0, 0.1) is 0 Å². The van der Waals surface area contributed by atoms with Crippen molar-refractivity contribution in [2.24, 2.45) is 0 Å². The Bertz CT molecular complexity index is 787. The highest BCUT2D eigenvalue weighted by molar-refractivity contribution is 7.89. The van der Waals surface area contributed by atoms with Gasteiger partial charge in [0.15, 0.2) is 0 Å². The molecule has 0 aliphatic carbocycles.